The summed E-state index contributed by atoms with van der Waals surface area (Å²) in [5.74, 6) is -0.698. The zero-order valence-corrected chi connectivity index (χ0v) is 14.1. The number of halogens is 1. The van der Waals surface area contributed by atoms with Gasteiger partial charge in [-0.25, -0.2) is 0 Å². The van der Waals surface area contributed by atoms with E-state index in [0.29, 0.717) is 21.7 Å². The van der Waals surface area contributed by atoms with Crippen molar-refractivity contribution in [3.05, 3.63) is 63.7 Å². The van der Waals surface area contributed by atoms with Gasteiger partial charge in [-0.1, -0.05) is 17.7 Å². The van der Waals surface area contributed by atoms with Crippen molar-refractivity contribution in [3.63, 3.8) is 0 Å². The van der Waals surface area contributed by atoms with E-state index >= 15 is 0 Å². The van der Waals surface area contributed by atoms with Crippen LogP contribution < -0.4 is 0 Å². The van der Waals surface area contributed by atoms with Gasteiger partial charge in [0.1, 0.15) is 0 Å². The second kappa shape index (κ2) is 6.38. The molecule has 0 aromatic heterocycles. The van der Waals surface area contributed by atoms with Crippen molar-refractivity contribution >= 4 is 35.1 Å². The highest BCUT2D eigenvalue weighted by atomic mass is 35.5. The molecule has 0 bridgehead atoms. The summed E-state index contributed by atoms with van der Waals surface area (Å²) in [7, 11) is 0. The Morgan fingerprint density at radius 2 is 1.91 bits per heavy atom. The van der Waals surface area contributed by atoms with Crippen LogP contribution in [0.1, 0.15) is 39.9 Å². The monoisotopic (exact) mass is 346 g/mol. The highest BCUT2D eigenvalue weighted by molar-refractivity contribution is 7.99. The molecule has 0 aliphatic carbocycles. The maximum absolute atomic E-state index is 12.9. The number of fused-ring (bicyclic) bond motifs is 1. The van der Waals surface area contributed by atoms with Crippen LogP contribution in [0, 0.1) is 0 Å². The van der Waals surface area contributed by atoms with E-state index in [-0.39, 0.29) is 5.78 Å². The van der Waals surface area contributed by atoms with Crippen molar-refractivity contribution in [2.45, 2.75) is 24.2 Å². The van der Waals surface area contributed by atoms with Crippen molar-refractivity contribution < 1.29 is 14.7 Å². The van der Waals surface area contributed by atoms with Crippen molar-refractivity contribution in [2.75, 3.05) is 5.75 Å². The smallest absolute Gasteiger partial charge is 0.310 e. The Bertz CT molecular complexity index is 784. The van der Waals surface area contributed by atoms with E-state index < -0.39 is 11.9 Å². The molecule has 0 amide bonds. The first-order valence-electron chi connectivity index (χ1n) is 7.30. The Morgan fingerprint density at radius 3 is 2.57 bits per heavy atom. The number of carbonyl (C=O) groups excluding carboxylic acids is 1. The third kappa shape index (κ3) is 3.14. The molecule has 0 saturated heterocycles. The summed E-state index contributed by atoms with van der Waals surface area (Å²) in [5, 5.41) is 9.83. The molecule has 118 valence electrons. The van der Waals surface area contributed by atoms with E-state index in [9.17, 15) is 14.7 Å². The zero-order valence-electron chi connectivity index (χ0n) is 12.5. The molecule has 1 heterocycles. The van der Waals surface area contributed by atoms with E-state index in [1.165, 1.54) is 0 Å². The second-order valence-corrected chi connectivity index (χ2v) is 7.09. The van der Waals surface area contributed by atoms with Crippen LogP contribution in [0.2, 0.25) is 5.02 Å². The number of carboxylic acid groups (broad SMARTS) is 1. The van der Waals surface area contributed by atoms with Gasteiger partial charge in [-0.05, 0) is 54.8 Å². The number of aliphatic carboxylic acids is 1. The van der Waals surface area contributed by atoms with Crippen LogP contribution in [0.3, 0.4) is 0 Å². The average Bonchev–Trinajstić information content (AvgIpc) is 3.01. The predicted molar refractivity (Wildman–Crippen MR) is 91.8 cm³/mol. The maximum atomic E-state index is 12.9. The van der Waals surface area contributed by atoms with Crippen LogP contribution >= 0.6 is 23.4 Å². The van der Waals surface area contributed by atoms with Gasteiger partial charge in [0, 0.05) is 26.8 Å². The van der Waals surface area contributed by atoms with Gasteiger partial charge in [-0.15, -0.1) is 11.8 Å². The number of rotatable bonds is 4. The minimum Gasteiger partial charge on any atom is -0.481 e. The molecule has 1 N–H and O–H groups in total. The summed E-state index contributed by atoms with van der Waals surface area (Å²) >= 11 is 7.53. The van der Waals surface area contributed by atoms with E-state index in [1.807, 2.05) is 6.07 Å². The molecule has 1 aliphatic heterocycles. The standard InChI is InChI=1S/C18H15ClO3S/c1-10(18(21)22)13-8-12-6-7-23-17(12)15(9-13)16(20)11-2-4-14(19)5-3-11/h2-5,8-10H,6-7H2,1H3,(H,21,22). The van der Waals surface area contributed by atoms with Gasteiger partial charge in [0.15, 0.2) is 5.78 Å². The molecule has 3 rings (SSSR count). The molecule has 1 atom stereocenters. The quantitative estimate of drug-likeness (QED) is 0.833. The lowest BCUT2D eigenvalue weighted by molar-refractivity contribution is -0.138. The van der Waals surface area contributed by atoms with Gasteiger partial charge in [-0.3, -0.25) is 9.59 Å². The first-order valence-corrected chi connectivity index (χ1v) is 8.66. The first-order chi connectivity index (χ1) is 11.0. The Labute approximate surface area is 143 Å². The van der Waals surface area contributed by atoms with Gasteiger partial charge < -0.3 is 5.11 Å². The van der Waals surface area contributed by atoms with Gasteiger partial charge >= 0.3 is 5.97 Å². The fourth-order valence-electron chi connectivity index (χ4n) is 2.65. The van der Waals surface area contributed by atoms with Gasteiger partial charge in [-0.2, -0.15) is 0 Å². The number of carbonyl (C=O) groups is 2. The molecule has 0 saturated carbocycles. The molecule has 2 aromatic carbocycles. The molecule has 1 unspecified atom stereocenters. The van der Waals surface area contributed by atoms with Crippen LogP contribution in [-0.2, 0) is 11.2 Å². The Kier molecular flexibility index (Phi) is 4.46. The van der Waals surface area contributed by atoms with Crippen LogP contribution in [-0.4, -0.2) is 22.6 Å². The molecule has 1 aliphatic rings. The molecule has 3 nitrogen and oxygen atoms in total. The summed E-state index contributed by atoms with van der Waals surface area (Å²) in [4.78, 5) is 25.1. The third-order valence-corrected chi connectivity index (χ3v) is 5.46. The number of carboxylic acids is 1. The summed E-state index contributed by atoms with van der Waals surface area (Å²) < 4.78 is 0. The Morgan fingerprint density at radius 1 is 1.22 bits per heavy atom. The number of ketones is 1. The molecule has 0 radical (unpaired) electrons. The summed E-state index contributed by atoms with van der Waals surface area (Å²) in [6, 6.07) is 10.4. The van der Waals surface area contributed by atoms with Crippen molar-refractivity contribution in [1.82, 2.24) is 0 Å². The number of hydrogen-bond acceptors (Lipinski definition) is 3. The Hall–Kier alpha value is -1.78. The summed E-state index contributed by atoms with van der Waals surface area (Å²) in [6.07, 6.45) is 0.862. The largest absolute Gasteiger partial charge is 0.481 e. The van der Waals surface area contributed by atoms with Crippen molar-refractivity contribution in [2.24, 2.45) is 0 Å². The fourth-order valence-corrected chi connectivity index (χ4v) is 3.96. The normalized spacial score (nSPS) is 14.3. The van der Waals surface area contributed by atoms with E-state index in [4.69, 9.17) is 11.6 Å². The van der Waals surface area contributed by atoms with Crippen LogP contribution in [0.5, 0.6) is 0 Å². The van der Waals surface area contributed by atoms with Crippen LogP contribution in [0.4, 0.5) is 0 Å². The maximum Gasteiger partial charge on any atom is 0.310 e. The highest BCUT2D eigenvalue weighted by Crippen LogP contribution is 2.38. The lowest BCUT2D eigenvalue weighted by Crippen LogP contribution is -2.11. The molecule has 0 fully saturated rings. The van der Waals surface area contributed by atoms with Gasteiger partial charge in [0.05, 0.1) is 5.92 Å². The SMILES string of the molecule is CC(C(=O)O)c1cc2c(c(C(=O)c3ccc(Cl)cc3)c1)SCC2. The Balaban J connectivity index is 2.09. The van der Waals surface area contributed by atoms with Crippen molar-refractivity contribution in [1.29, 1.82) is 0 Å². The minimum atomic E-state index is -0.888. The average molecular weight is 347 g/mol. The highest BCUT2D eigenvalue weighted by Gasteiger charge is 2.25. The number of benzene rings is 2. The molecule has 23 heavy (non-hydrogen) atoms. The lowest BCUT2D eigenvalue weighted by atomic mass is 9.92. The number of aryl methyl sites for hydroxylation is 1. The van der Waals surface area contributed by atoms with Gasteiger partial charge in [0.2, 0.25) is 0 Å². The second-order valence-electron chi connectivity index (χ2n) is 5.55. The van der Waals surface area contributed by atoms with E-state index in [1.54, 1.807) is 49.0 Å². The van der Waals surface area contributed by atoms with Crippen LogP contribution in [0.25, 0.3) is 0 Å². The number of hydrogen-bond donors (Lipinski definition) is 1. The molecule has 2 aromatic rings. The summed E-state index contributed by atoms with van der Waals surface area (Å²) in [5.41, 5.74) is 2.90. The number of thioether (sulfide) groups is 1. The molecular formula is C18H15ClO3S. The van der Waals surface area contributed by atoms with E-state index in [0.717, 1.165) is 22.6 Å². The topological polar surface area (TPSA) is 54.4 Å². The minimum absolute atomic E-state index is 0.0910. The van der Waals surface area contributed by atoms with Gasteiger partial charge in [0.25, 0.3) is 0 Å². The first kappa shape index (κ1) is 16.1. The fraction of sp³-hybridized carbons (Fsp3) is 0.222. The zero-order chi connectivity index (χ0) is 16.6. The lowest BCUT2D eigenvalue weighted by Gasteiger charge is -2.13. The van der Waals surface area contributed by atoms with Crippen LogP contribution in [0.15, 0.2) is 41.3 Å². The molecule has 0 spiro atoms. The predicted octanol–water partition coefficient (Wildman–Crippen LogP) is 4.41. The molecular weight excluding hydrogens is 332 g/mol. The summed E-state index contributed by atoms with van der Waals surface area (Å²) in [6.45, 7) is 1.64. The van der Waals surface area contributed by atoms with Crippen molar-refractivity contribution in [3.8, 4) is 0 Å². The molecule has 5 heteroatoms. The van der Waals surface area contributed by atoms with E-state index in [2.05, 4.69) is 0 Å². The third-order valence-electron chi connectivity index (χ3n) is 4.03.